The van der Waals surface area contributed by atoms with Gasteiger partial charge in [-0.1, -0.05) is 23.2 Å². The van der Waals surface area contributed by atoms with Gasteiger partial charge in [0.15, 0.2) is 11.0 Å². The lowest BCUT2D eigenvalue weighted by atomic mass is 10.0. The first kappa shape index (κ1) is 16.4. The van der Waals surface area contributed by atoms with Gasteiger partial charge in [0.25, 0.3) is 0 Å². The standard InChI is InChI=1S/C12H10Cl2FNO4/c1-3-20-4-6(12(18)19)9(17)7-5(2)8(15)11(14)16-10(7)13/h4H,3H2,1-2H3,(H,18,19)/b6-4+. The summed E-state index contributed by atoms with van der Waals surface area (Å²) >= 11 is 11.2. The van der Waals surface area contributed by atoms with Crippen LogP contribution in [0.25, 0.3) is 0 Å². The Balaban J connectivity index is 3.40. The minimum absolute atomic E-state index is 0.171. The average molecular weight is 322 g/mol. The lowest BCUT2D eigenvalue weighted by Gasteiger charge is -2.09. The number of aliphatic carboxylic acids is 1. The van der Waals surface area contributed by atoms with Crippen LogP contribution in [-0.2, 0) is 9.53 Å². The summed E-state index contributed by atoms with van der Waals surface area (Å²) in [5.74, 6) is -3.45. The van der Waals surface area contributed by atoms with Crippen LogP contribution >= 0.6 is 23.2 Å². The van der Waals surface area contributed by atoms with Crippen molar-refractivity contribution in [1.82, 2.24) is 4.98 Å². The molecule has 1 aromatic rings. The maximum atomic E-state index is 13.6. The van der Waals surface area contributed by atoms with Gasteiger partial charge in [0.05, 0.1) is 12.2 Å². The quantitative estimate of drug-likeness (QED) is 0.225. The number of carboxylic acid groups (broad SMARTS) is 1. The molecule has 1 aromatic heterocycles. The summed E-state index contributed by atoms with van der Waals surface area (Å²) in [6.45, 7) is 3.04. The summed E-state index contributed by atoms with van der Waals surface area (Å²) in [5, 5.41) is 8.12. The van der Waals surface area contributed by atoms with Crippen molar-refractivity contribution in [1.29, 1.82) is 0 Å². The van der Waals surface area contributed by atoms with E-state index in [9.17, 15) is 14.0 Å². The number of carbonyl (C=O) groups is 2. The summed E-state index contributed by atoms with van der Waals surface area (Å²) < 4.78 is 18.4. The van der Waals surface area contributed by atoms with E-state index in [1.807, 2.05) is 0 Å². The molecule has 8 heteroatoms. The van der Waals surface area contributed by atoms with Crippen molar-refractivity contribution in [3.8, 4) is 0 Å². The number of hydrogen-bond acceptors (Lipinski definition) is 4. The van der Waals surface area contributed by atoms with Crippen molar-refractivity contribution in [2.75, 3.05) is 6.61 Å². The molecule has 1 heterocycles. The van der Waals surface area contributed by atoms with Crippen molar-refractivity contribution in [2.24, 2.45) is 0 Å². The zero-order valence-corrected chi connectivity index (χ0v) is 12.0. The predicted molar refractivity (Wildman–Crippen MR) is 70.6 cm³/mol. The number of hydrogen-bond donors (Lipinski definition) is 1. The molecule has 0 amide bonds. The van der Waals surface area contributed by atoms with Crippen LogP contribution in [0.15, 0.2) is 11.8 Å². The van der Waals surface area contributed by atoms with E-state index < -0.39 is 28.3 Å². The first-order chi connectivity index (χ1) is 9.31. The number of carboxylic acids is 1. The van der Waals surface area contributed by atoms with E-state index >= 15 is 0 Å². The summed E-state index contributed by atoms with van der Waals surface area (Å²) in [7, 11) is 0. The molecule has 1 N–H and O–H groups in total. The van der Waals surface area contributed by atoms with Gasteiger partial charge in [-0.2, -0.15) is 0 Å². The molecule has 0 aliphatic rings. The second-order valence-electron chi connectivity index (χ2n) is 3.63. The molecule has 0 radical (unpaired) electrons. The monoisotopic (exact) mass is 321 g/mol. The van der Waals surface area contributed by atoms with Crippen LogP contribution in [0, 0.1) is 12.7 Å². The Morgan fingerprint density at radius 2 is 2.00 bits per heavy atom. The third-order valence-electron chi connectivity index (χ3n) is 2.36. The van der Waals surface area contributed by atoms with Crippen LogP contribution in [0.4, 0.5) is 4.39 Å². The molecule has 0 spiro atoms. The SMILES string of the molecule is CCO/C=C(/C(=O)O)C(=O)c1c(Cl)nc(Cl)c(F)c1C. The molecule has 20 heavy (non-hydrogen) atoms. The van der Waals surface area contributed by atoms with Crippen LogP contribution in [-0.4, -0.2) is 28.4 Å². The van der Waals surface area contributed by atoms with Crippen LogP contribution in [0.1, 0.15) is 22.8 Å². The van der Waals surface area contributed by atoms with Crippen molar-refractivity contribution >= 4 is 35.0 Å². The summed E-state index contributed by atoms with van der Waals surface area (Å²) in [6.07, 6.45) is 0.785. The normalized spacial score (nSPS) is 11.3. The maximum absolute atomic E-state index is 13.6. The topological polar surface area (TPSA) is 76.5 Å². The van der Waals surface area contributed by atoms with Crippen LogP contribution in [0.3, 0.4) is 0 Å². The van der Waals surface area contributed by atoms with Crippen molar-refractivity contribution in [3.63, 3.8) is 0 Å². The minimum Gasteiger partial charge on any atom is -0.500 e. The highest BCUT2D eigenvalue weighted by molar-refractivity contribution is 6.37. The molecular formula is C12H10Cl2FNO4. The van der Waals surface area contributed by atoms with E-state index in [1.54, 1.807) is 6.92 Å². The Kier molecular flexibility index (Phi) is 5.47. The van der Waals surface area contributed by atoms with Gasteiger partial charge in [-0.15, -0.1) is 0 Å². The molecule has 0 atom stereocenters. The van der Waals surface area contributed by atoms with E-state index in [2.05, 4.69) is 4.98 Å². The minimum atomic E-state index is -1.52. The fourth-order valence-electron chi connectivity index (χ4n) is 1.38. The number of pyridine rings is 1. The number of aromatic nitrogens is 1. The molecule has 1 rings (SSSR count). The van der Waals surface area contributed by atoms with Gasteiger partial charge >= 0.3 is 5.97 Å². The lowest BCUT2D eigenvalue weighted by Crippen LogP contribution is -2.16. The van der Waals surface area contributed by atoms with Gasteiger partial charge < -0.3 is 9.84 Å². The van der Waals surface area contributed by atoms with Crippen molar-refractivity contribution in [2.45, 2.75) is 13.8 Å². The molecule has 0 unspecified atom stereocenters. The van der Waals surface area contributed by atoms with E-state index in [1.165, 1.54) is 6.92 Å². The lowest BCUT2D eigenvalue weighted by molar-refractivity contribution is -0.132. The third kappa shape index (κ3) is 3.26. The maximum Gasteiger partial charge on any atom is 0.342 e. The molecule has 0 aliphatic heterocycles. The van der Waals surface area contributed by atoms with Gasteiger partial charge in [0.2, 0.25) is 5.78 Å². The number of nitrogens with zero attached hydrogens (tertiary/aromatic N) is 1. The molecule has 0 aromatic carbocycles. The highest BCUT2D eigenvalue weighted by atomic mass is 35.5. The first-order valence-electron chi connectivity index (χ1n) is 5.42. The number of carbonyl (C=O) groups excluding carboxylic acids is 1. The number of ketones is 1. The number of halogens is 3. The van der Waals surface area contributed by atoms with Crippen LogP contribution in [0.2, 0.25) is 10.3 Å². The summed E-state index contributed by atoms with van der Waals surface area (Å²) in [4.78, 5) is 26.6. The van der Waals surface area contributed by atoms with E-state index in [4.69, 9.17) is 33.0 Å². The number of rotatable bonds is 5. The average Bonchev–Trinajstić information content (AvgIpc) is 2.36. The zero-order chi connectivity index (χ0) is 15.4. The van der Waals surface area contributed by atoms with E-state index in [-0.39, 0.29) is 22.9 Å². The molecule has 0 fully saturated rings. The molecule has 0 saturated heterocycles. The second-order valence-corrected chi connectivity index (χ2v) is 4.34. The van der Waals surface area contributed by atoms with Gasteiger partial charge in [-0.05, 0) is 13.8 Å². The Bertz CT molecular complexity index is 602. The first-order valence-corrected chi connectivity index (χ1v) is 6.17. The third-order valence-corrected chi connectivity index (χ3v) is 2.88. The number of ether oxygens (including phenoxy) is 1. The fraction of sp³-hybridized carbons (Fsp3) is 0.250. The molecule has 0 saturated carbocycles. The smallest absolute Gasteiger partial charge is 0.342 e. The molecule has 0 bridgehead atoms. The Morgan fingerprint density at radius 3 is 2.50 bits per heavy atom. The fourth-order valence-corrected chi connectivity index (χ4v) is 1.96. The predicted octanol–water partition coefficient (Wildman–Crippen LogP) is 3.02. The Hall–Kier alpha value is -1.66. The van der Waals surface area contributed by atoms with Gasteiger partial charge in [-0.3, -0.25) is 4.79 Å². The molecular weight excluding hydrogens is 312 g/mol. The molecule has 0 aliphatic carbocycles. The van der Waals surface area contributed by atoms with Gasteiger partial charge in [0, 0.05) is 5.56 Å². The van der Waals surface area contributed by atoms with E-state index in [0.717, 1.165) is 6.26 Å². The van der Waals surface area contributed by atoms with E-state index in [0.29, 0.717) is 0 Å². The number of Topliss-reactive ketones (excluding diaryl/α,β-unsaturated/α-hetero) is 1. The zero-order valence-electron chi connectivity index (χ0n) is 10.5. The van der Waals surface area contributed by atoms with Crippen LogP contribution < -0.4 is 0 Å². The van der Waals surface area contributed by atoms with Gasteiger partial charge in [-0.25, -0.2) is 14.2 Å². The largest absolute Gasteiger partial charge is 0.500 e. The second kappa shape index (κ2) is 6.67. The Labute approximate surface area is 124 Å². The summed E-state index contributed by atoms with van der Waals surface area (Å²) in [6, 6.07) is 0. The Morgan fingerprint density at radius 1 is 1.40 bits per heavy atom. The highest BCUT2D eigenvalue weighted by Gasteiger charge is 2.27. The van der Waals surface area contributed by atoms with Crippen molar-refractivity contribution in [3.05, 3.63) is 39.1 Å². The van der Waals surface area contributed by atoms with Crippen molar-refractivity contribution < 1.29 is 23.8 Å². The molecule has 5 nitrogen and oxygen atoms in total. The molecule has 108 valence electrons. The summed E-state index contributed by atoms with van der Waals surface area (Å²) in [5.41, 5.74) is -1.22. The highest BCUT2D eigenvalue weighted by Crippen LogP contribution is 2.27. The van der Waals surface area contributed by atoms with Gasteiger partial charge in [0.1, 0.15) is 17.0 Å². The van der Waals surface area contributed by atoms with Crippen LogP contribution in [0.5, 0.6) is 0 Å².